The van der Waals surface area contributed by atoms with E-state index in [9.17, 15) is 17.6 Å². The molecule has 1 aliphatic rings. The molecule has 0 aliphatic carbocycles. The van der Waals surface area contributed by atoms with Crippen molar-refractivity contribution in [1.29, 1.82) is 0 Å². The molecule has 1 fully saturated rings. The van der Waals surface area contributed by atoms with E-state index < -0.39 is 29.2 Å². The summed E-state index contributed by atoms with van der Waals surface area (Å²) < 4.78 is 59.7. The number of ether oxygens (including phenoxy) is 1. The van der Waals surface area contributed by atoms with E-state index in [1.165, 1.54) is 4.90 Å². The van der Waals surface area contributed by atoms with E-state index in [4.69, 9.17) is 16.3 Å². The Morgan fingerprint density at radius 1 is 1.04 bits per heavy atom. The van der Waals surface area contributed by atoms with Crippen LogP contribution in [-0.4, -0.2) is 43.2 Å². The van der Waals surface area contributed by atoms with Crippen molar-refractivity contribution in [3.05, 3.63) is 52.3 Å². The zero-order chi connectivity index (χ0) is 18.8. The highest BCUT2D eigenvalue weighted by Gasteiger charge is 2.28. The molecule has 0 saturated carbocycles. The summed E-state index contributed by atoms with van der Waals surface area (Å²) in [5.41, 5.74) is 0.168. The molecule has 0 atom stereocenters. The minimum Gasteiger partial charge on any atom is -0.496 e. The van der Waals surface area contributed by atoms with E-state index in [0.717, 1.165) is 5.56 Å². The molecule has 1 aromatic carbocycles. The van der Waals surface area contributed by atoms with E-state index in [0.29, 0.717) is 30.4 Å². The van der Waals surface area contributed by atoms with Crippen molar-refractivity contribution in [3.63, 3.8) is 0 Å². The molecular formula is C17H16ClF4N3O. The molecule has 0 spiro atoms. The predicted octanol–water partition coefficient (Wildman–Crippen LogP) is 3.62. The molecule has 1 saturated heterocycles. The van der Waals surface area contributed by atoms with Gasteiger partial charge in [-0.2, -0.15) is 22.5 Å². The average Bonchev–Trinajstić information content (AvgIpc) is 2.62. The third-order valence-electron chi connectivity index (χ3n) is 4.30. The second-order valence-electron chi connectivity index (χ2n) is 5.89. The molecule has 9 heteroatoms. The third-order valence-corrected chi connectivity index (χ3v) is 4.53. The Balaban J connectivity index is 1.72. The van der Waals surface area contributed by atoms with Gasteiger partial charge < -0.3 is 9.64 Å². The highest BCUT2D eigenvalue weighted by molar-refractivity contribution is 6.30. The first-order valence-electron chi connectivity index (χ1n) is 7.90. The Hall–Kier alpha value is -2.06. The number of aromatic nitrogens is 1. The van der Waals surface area contributed by atoms with Gasteiger partial charge in [0.25, 0.3) is 11.9 Å². The van der Waals surface area contributed by atoms with Crippen LogP contribution in [0.15, 0.2) is 18.2 Å². The van der Waals surface area contributed by atoms with Crippen LogP contribution >= 0.6 is 11.6 Å². The van der Waals surface area contributed by atoms with E-state index >= 15 is 0 Å². The van der Waals surface area contributed by atoms with Crippen molar-refractivity contribution in [1.82, 2.24) is 9.88 Å². The summed E-state index contributed by atoms with van der Waals surface area (Å²) in [6, 6.07) is 5.28. The minimum absolute atomic E-state index is 0.208. The van der Waals surface area contributed by atoms with Crippen molar-refractivity contribution in [2.24, 2.45) is 0 Å². The summed E-state index contributed by atoms with van der Waals surface area (Å²) >= 11 is 6.02. The van der Waals surface area contributed by atoms with Gasteiger partial charge >= 0.3 is 0 Å². The van der Waals surface area contributed by atoms with Crippen LogP contribution in [-0.2, 0) is 6.54 Å². The lowest BCUT2D eigenvalue weighted by Crippen LogP contribution is -2.46. The monoisotopic (exact) mass is 389 g/mol. The lowest BCUT2D eigenvalue weighted by Gasteiger charge is -2.36. The molecule has 2 aromatic rings. The summed E-state index contributed by atoms with van der Waals surface area (Å²) in [5, 5.41) is 0.575. The maximum atomic E-state index is 13.9. The maximum absolute atomic E-state index is 13.9. The fraction of sp³-hybridized carbons (Fsp3) is 0.353. The molecule has 1 aliphatic heterocycles. The van der Waals surface area contributed by atoms with Crippen LogP contribution in [0, 0.1) is 23.5 Å². The number of piperazine rings is 1. The van der Waals surface area contributed by atoms with Crippen LogP contribution in [0.1, 0.15) is 5.56 Å². The Bertz CT molecular complexity index is 787. The van der Waals surface area contributed by atoms with Gasteiger partial charge in [0.2, 0.25) is 11.6 Å². The summed E-state index contributed by atoms with van der Waals surface area (Å²) in [6.45, 7) is 1.83. The number of anilines is 1. The van der Waals surface area contributed by atoms with Gasteiger partial charge in [-0.3, -0.25) is 4.90 Å². The number of hydrogen-bond donors (Lipinski definition) is 0. The molecule has 2 heterocycles. The Kier molecular flexibility index (Phi) is 5.52. The van der Waals surface area contributed by atoms with E-state index in [2.05, 4.69) is 4.98 Å². The Morgan fingerprint density at radius 3 is 2.23 bits per heavy atom. The topological polar surface area (TPSA) is 28.6 Å². The van der Waals surface area contributed by atoms with Crippen LogP contribution in [0.2, 0.25) is 5.02 Å². The summed E-state index contributed by atoms with van der Waals surface area (Å²) in [6.07, 6.45) is 0. The fourth-order valence-electron chi connectivity index (χ4n) is 2.99. The van der Waals surface area contributed by atoms with Crippen molar-refractivity contribution < 1.29 is 22.3 Å². The molecule has 3 rings (SSSR count). The quantitative estimate of drug-likeness (QED) is 0.590. The van der Waals surface area contributed by atoms with Crippen molar-refractivity contribution in [2.75, 3.05) is 38.2 Å². The predicted molar refractivity (Wildman–Crippen MR) is 89.6 cm³/mol. The Labute approximate surface area is 152 Å². The number of hydrogen-bond acceptors (Lipinski definition) is 4. The molecule has 0 bridgehead atoms. The van der Waals surface area contributed by atoms with Crippen LogP contribution in [0.4, 0.5) is 23.2 Å². The minimum atomic E-state index is -1.65. The number of benzene rings is 1. The first-order chi connectivity index (χ1) is 12.4. The first kappa shape index (κ1) is 18.7. The normalized spacial score (nSPS) is 15.4. The lowest BCUT2D eigenvalue weighted by molar-refractivity contribution is 0.244. The largest absolute Gasteiger partial charge is 0.496 e. The van der Waals surface area contributed by atoms with Gasteiger partial charge in [-0.1, -0.05) is 11.6 Å². The van der Waals surface area contributed by atoms with Crippen molar-refractivity contribution in [3.8, 4) is 5.75 Å². The average molecular weight is 390 g/mol. The highest BCUT2D eigenvalue weighted by atomic mass is 35.5. The molecule has 140 valence electrons. The lowest BCUT2D eigenvalue weighted by atomic mass is 10.1. The van der Waals surface area contributed by atoms with Gasteiger partial charge in [-0.15, -0.1) is 0 Å². The number of halogens is 5. The SMILES string of the molecule is COc1ccc(Cl)cc1CN1CCN(c2c(F)c(F)nc(F)c2F)CC1. The van der Waals surface area contributed by atoms with Crippen LogP contribution < -0.4 is 9.64 Å². The first-order valence-corrected chi connectivity index (χ1v) is 8.28. The van der Waals surface area contributed by atoms with Crippen LogP contribution in [0.25, 0.3) is 0 Å². The number of nitrogens with zero attached hydrogens (tertiary/aromatic N) is 3. The molecular weight excluding hydrogens is 374 g/mol. The van der Waals surface area contributed by atoms with Gasteiger partial charge in [0.05, 0.1) is 7.11 Å². The molecule has 26 heavy (non-hydrogen) atoms. The van der Waals surface area contributed by atoms with Gasteiger partial charge in [0, 0.05) is 43.3 Å². The van der Waals surface area contributed by atoms with Crippen LogP contribution in [0.5, 0.6) is 5.75 Å². The molecule has 0 amide bonds. The second-order valence-corrected chi connectivity index (χ2v) is 6.33. The van der Waals surface area contributed by atoms with Crippen molar-refractivity contribution >= 4 is 17.3 Å². The summed E-state index contributed by atoms with van der Waals surface area (Å²) in [7, 11) is 1.56. The molecule has 1 aromatic heterocycles. The molecule has 0 radical (unpaired) electrons. The highest BCUT2D eigenvalue weighted by Crippen LogP contribution is 2.28. The van der Waals surface area contributed by atoms with E-state index in [-0.39, 0.29) is 13.1 Å². The van der Waals surface area contributed by atoms with Crippen molar-refractivity contribution in [2.45, 2.75) is 6.54 Å². The standard InChI is InChI=1S/C17H16ClF4N3O/c1-26-12-3-2-11(18)8-10(12)9-24-4-6-25(7-5-24)15-13(19)16(21)23-17(22)14(15)20/h2-3,8H,4-7,9H2,1H3. The zero-order valence-electron chi connectivity index (χ0n) is 13.9. The van der Waals surface area contributed by atoms with Gasteiger partial charge in [0.1, 0.15) is 11.4 Å². The second kappa shape index (κ2) is 7.67. The van der Waals surface area contributed by atoms with Gasteiger partial charge in [-0.25, -0.2) is 0 Å². The third kappa shape index (κ3) is 3.71. The van der Waals surface area contributed by atoms with E-state index in [1.54, 1.807) is 25.3 Å². The van der Waals surface area contributed by atoms with Gasteiger partial charge in [0.15, 0.2) is 0 Å². The zero-order valence-corrected chi connectivity index (χ0v) is 14.7. The van der Waals surface area contributed by atoms with Crippen LogP contribution in [0.3, 0.4) is 0 Å². The number of pyridine rings is 1. The molecule has 4 nitrogen and oxygen atoms in total. The van der Waals surface area contributed by atoms with E-state index in [1.807, 2.05) is 4.90 Å². The molecule has 0 unspecified atom stereocenters. The molecule has 0 N–H and O–H groups in total. The Morgan fingerprint density at radius 2 is 1.65 bits per heavy atom. The van der Waals surface area contributed by atoms with Gasteiger partial charge in [-0.05, 0) is 18.2 Å². The summed E-state index contributed by atoms with van der Waals surface area (Å²) in [4.78, 5) is 5.90. The smallest absolute Gasteiger partial charge is 0.253 e. The number of methoxy groups -OCH3 is 1. The fourth-order valence-corrected chi connectivity index (χ4v) is 3.19. The maximum Gasteiger partial charge on any atom is 0.253 e. The summed E-state index contributed by atoms with van der Waals surface area (Å²) in [5.74, 6) is -5.56. The number of rotatable bonds is 4.